The van der Waals surface area contributed by atoms with Crippen LogP contribution in [0, 0.1) is 5.92 Å². The SMILES string of the molecule is CO[C@H](CN(C)S(=O)(=O)c1cccc(Cl)c1)[C@H](C)CN([C@@H](C)CO)S(=O)(=O)c1cccc(Cl)c1. The normalized spacial score (nSPS) is 15.4. The summed E-state index contributed by atoms with van der Waals surface area (Å²) in [6.07, 6.45) is -0.637. The molecular weight excluding hydrogens is 523 g/mol. The van der Waals surface area contributed by atoms with Crippen LogP contribution in [0.2, 0.25) is 10.0 Å². The predicted octanol–water partition coefficient (Wildman–Crippen LogP) is 3.34. The Morgan fingerprint density at radius 2 is 1.41 bits per heavy atom. The van der Waals surface area contributed by atoms with E-state index in [0.29, 0.717) is 5.02 Å². The van der Waals surface area contributed by atoms with E-state index in [1.54, 1.807) is 32.0 Å². The van der Waals surface area contributed by atoms with E-state index in [1.807, 2.05) is 0 Å². The van der Waals surface area contributed by atoms with Gasteiger partial charge >= 0.3 is 0 Å². The zero-order valence-electron chi connectivity index (χ0n) is 19.4. The van der Waals surface area contributed by atoms with Gasteiger partial charge in [-0.3, -0.25) is 0 Å². The summed E-state index contributed by atoms with van der Waals surface area (Å²) >= 11 is 11.9. The highest BCUT2D eigenvalue weighted by Gasteiger charge is 2.34. The first kappa shape index (κ1) is 29.0. The van der Waals surface area contributed by atoms with E-state index in [2.05, 4.69) is 0 Å². The van der Waals surface area contributed by atoms with Crippen LogP contribution in [0.25, 0.3) is 0 Å². The Morgan fingerprint density at radius 1 is 0.912 bits per heavy atom. The first-order valence-electron chi connectivity index (χ1n) is 10.5. The van der Waals surface area contributed by atoms with E-state index in [1.165, 1.54) is 48.8 Å². The minimum atomic E-state index is -3.99. The van der Waals surface area contributed by atoms with Gasteiger partial charge in [-0.05, 0) is 49.2 Å². The second-order valence-electron chi connectivity index (χ2n) is 8.06. The summed E-state index contributed by atoms with van der Waals surface area (Å²) in [5.41, 5.74) is 0. The molecule has 0 aliphatic carbocycles. The molecule has 0 amide bonds. The Kier molecular flexibility index (Phi) is 10.3. The number of likely N-dealkylation sites (N-methyl/N-ethyl adjacent to an activating group) is 1. The summed E-state index contributed by atoms with van der Waals surface area (Å²) in [7, 11) is -4.97. The van der Waals surface area contributed by atoms with Gasteiger partial charge in [-0.15, -0.1) is 0 Å². The van der Waals surface area contributed by atoms with Gasteiger partial charge in [0.2, 0.25) is 20.0 Å². The average molecular weight is 554 g/mol. The number of benzene rings is 2. The lowest BCUT2D eigenvalue weighted by molar-refractivity contribution is 0.0360. The van der Waals surface area contributed by atoms with Crippen molar-refractivity contribution in [1.82, 2.24) is 8.61 Å². The number of hydrogen-bond donors (Lipinski definition) is 1. The van der Waals surface area contributed by atoms with Crippen molar-refractivity contribution >= 4 is 43.2 Å². The third-order valence-electron chi connectivity index (χ3n) is 5.51. The zero-order valence-corrected chi connectivity index (χ0v) is 22.6. The van der Waals surface area contributed by atoms with Gasteiger partial charge in [0.15, 0.2) is 0 Å². The molecule has 12 heteroatoms. The minimum Gasteiger partial charge on any atom is -0.395 e. The predicted molar refractivity (Wildman–Crippen MR) is 133 cm³/mol. The quantitative estimate of drug-likeness (QED) is 0.433. The molecule has 0 aliphatic heterocycles. The van der Waals surface area contributed by atoms with Gasteiger partial charge in [-0.1, -0.05) is 42.3 Å². The number of methoxy groups -OCH3 is 1. The Bertz CT molecular complexity index is 1180. The van der Waals surface area contributed by atoms with Crippen molar-refractivity contribution in [2.24, 2.45) is 5.92 Å². The molecule has 0 bridgehead atoms. The Labute approximate surface area is 212 Å². The van der Waals surface area contributed by atoms with Crippen LogP contribution in [0.4, 0.5) is 0 Å². The Balaban J connectivity index is 2.27. The lowest BCUT2D eigenvalue weighted by atomic mass is 10.0. The number of aliphatic hydroxyl groups excluding tert-OH is 1. The Hall–Kier alpha value is -1.24. The second-order valence-corrected chi connectivity index (χ2v) is 12.9. The van der Waals surface area contributed by atoms with Crippen molar-refractivity contribution in [2.75, 3.05) is 33.9 Å². The van der Waals surface area contributed by atoms with Gasteiger partial charge in [0.1, 0.15) is 0 Å². The van der Waals surface area contributed by atoms with E-state index in [0.717, 1.165) is 4.31 Å². The molecule has 8 nitrogen and oxygen atoms in total. The van der Waals surface area contributed by atoms with Crippen LogP contribution in [0.15, 0.2) is 58.3 Å². The number of nitrogens with zero attached hydrogens (tertiary/aromatic N) is 2. The molecule has 2 rings (SSSR count). The number of aliphatic hydroxyl groups is 1. The maximum absolute atomic E-state index is 13.3. The van der Waals surface area contributed by atoms with Crippen molar-refractivity contribution in [3.05, 3.63) is 58.6 Å². The fourth-order valence-electron chi connectivity index (χ4n) is 3.42. The van der Waals surface area contributed by atoms with Crippen LogP contribution >= 0.6 is 23.2 Å². The standard InChI is InChI=1S/C22H30Cl2N2O6S2/c1-16(13-26(17(2)15-27)34(30,31)21-10-6-8-19(24)12-21)22(32-4)14-25(3)33(28,29)20-9-5-7-18(23)11-20/h5-12,16-17,22,27H,13-15H2,1-4H3/t16-,17+,22-/m1/s1. The summed E-state index contributed by atoms with van der Waals surface area (Å²) in [5.74, 6) is -0.426. The van der Waals surface area contributed by atoms with Gasteiger partial charge in [-0.25, -0.2) is 16.8 Å². The van der Waals surface area contributed by atoms with E-state index in [4.69, 9.17) is 27.9 Å². The maximum atomic E-state index is 13.3. The summed E-state index contributed by atoms with van der Waals surface area (Å²) in [6, 6.07) is 11.1. The Morgan fingerprint density at radius 3 is 1.85 bits per heavy atom. The molecule has 0 radical (unpaired) electrons. The lowest BCUT2D eigenvalue weighted by Gasteiger charge is -2.33. The molecule has 0 fully saturated rings. The molecule has 0 saturated carbocycles. The van der Waals surface area contributed by atoms with Crippen molar-refractivity contribution < 1.29 is 26.7 Å². The average Bonchev–Trinajstić information content (AvgIpc) is 2.79. The number of hydrogen-bond acceptors (Lipinski definition) is 6. The van der Waals surface area contributed by atoms with E-state index < -0.39 is 44.7 Å². The largest absolute Gasteiger partial charge is 0.395 e. The van der Waals surface area contributed by atoms with Crippen LogP contribution in [0.1, 0.15) is 13.8 Å². The number of sulfonamides is 2. The number of halogens is 2. The molecule has 190 valence electrons. The van der Waals surface area contributed by atoms with Crippen molar-refractivity contribution in [2.45, 2.75) is 35.8 Å². The van der Waals surface area contributed by atoms with Crippen LogP contribution in [-0.2, 0) is 24.8 Å². The van der Waals surface area contributed by atoms with Crippen LogP contribution in [0.3, 0.4) is 0 Å². The topological polar surface area (TPSA) is 104 Å². The van der Waals surface area contributed by atoms with Crippen molar-refractivity contribution in [3.8, 4) is 0 Å². The monoisotopic (exact) mass is 552 g/mol. The number of rotatable bonds is 12. The molecule has 0 aliphatic rings. The summed E-state index contributed by atoms with van der Waals surface area (Å²) < 4.78 is 60.5. The third kappa shape index (κ3) is 6.92. The fraction of sp³-hybridized carbons (Fsp3) is 0.455. The van der Waals surface area contributed by atoms with Crippen molar-refractivity contribution in [3.63, 3.8) is 0 Å². The summed E-state index contributed by atoms with van der Waals surface area (Å²) in [4.78, 5) is 0.0474. The van der Waals surface area contributed by atoms with Gasteiger partial charge in [0.25, 0.3) is 0 Å². The first-order valence-corrected chi connectivity index (χ1v) is 14.1. The van der Waals surface area contributed by atoms with Gasteiger partial charge in [0.05, 0.1) is 22.5 Å². The van der Waals surface area contributed by atoms with E-state index in [-0.39, 0.29) is 27.9 Å². The molecule has 1 N–H and O–H groups in total. The molecule has 2 aromatic carbocycles. The fourth-order valence-corrected chi connectivity index (χ4v) is 6.92. The number of ether oxygens (including phenoxy) is 1. The van der Waals surface area contributed by atoms with Gasteiger partial charge in [0, 0.05) is 43.3 Å². The third-order valence-corrected chi connectivity index (χ3v) is 9.77. The van der Waals surface area contributed by atoms with Crippen LogP contribution in [-0.4, -0.2) is 76.6 Å². The highest BCUT2D eigenvalue weighted by Crippen LogP contribution is 2.25. The molecule has 0 unspecified atom stereocenters. The maximum Gasteiger partial charge on any atom is 0.243 e. The smallest absolute Gasteiger partial charge is 0.243 e. The summed E-state index contributed by atoms with van der Waals surface area (Å²) in [6.45, 7) is 2.92. The summed E-state index contributed by atoms with van der Waals surface area (Å²) in [5, 5.41) is 10.3. The van der Waals surface area contributed by atoms with E-state index in [9.17, 15) is 21.9 Å². The molecule has 0 spiro atoms. The lowest BCUT2D eigenvalue weighted by Crippen LogP contribution is -2.47. The molecule has 0 saturated heterocycles. The molecule has 0 heterocycles. The van der Waals surface area contributed by atoms with Gasteiger partial charge < -0.3 is 9.84 Å². The zero-order chi connectivity index (χ0) is 25.7. The molecule has 0 aromatic heterocycles. The second kappa shape index (κ2) is 12.1. The van der Waals surface area contributed by atoms with E-state index >= 15 is 0 Å². The van der Waals surface area contributed by atoms with Crippen LogP contribution in [0.5, 0.6) is 0 Å². The first-order chi connectivity index (χ1) is 15.8. The van der Waals surface area contributed by atoms with Crippen LogP contribution < -0.4 is 0 Å². The molecule has 3 atom stereocenters. The molecular formula is C22H30Cl2N2O6S2. The van der Waals surface area contributed by atoms with Crippen molar-refractivity contribution in [1.29, 1.82) is 0 Å². The highest BCUT2D eigenvalue weighted by molar-refractivity contribution is 7.89. The van der Waals surface area contributed by atoms with Gasteiger partial charge in [-0.2, -0.15) is 8.61 Å². The minimum absolute atomic E-state index is 0.00196. The molecule has 2 aromatic rings. The highest BCUT2D eigenvalue weighted by atomic mass is 35.5. The molecule has 34 heavy (non-hydrogen) atoms.